The number of anilines is 3. The second kappa shape index (κ2) is 15.4. The van der Waals surface area contributed by atoms with Crippen LogP contribution in [0.15, 0.2) is 42.5 Å². The Morgan fingerprint density at radius 3 is 2.60 bits per heavy atom. The van der Waals surface area contributed by atoms with E-state index in [9.17, 15) is 27.2 Å². The molecule has 1 unspecified atom stereocenters. The molecule has 1 aromatic heterocycles. The van der Waals surface area contributed by atoms with E-state index >= 15 is 0 Å². The molecule has 254 valence electrons. The molecular weight excluding hydrogens is 618 g/mol. The van der Waals surface area contributed by atoms with Crippen molar-refractivity contribution in [2.45, 2.75) is 58.2 Å². The maximum atomic E-state index is 14.8. The Morgan fingerprint density at radius 2 is 1.94 bits per heavy atom. The van der Waals surface area contributed by atoms with Crippen molar-refractivity contribution >= 4 is 40.3 Å². The van der Waals surface area contributed by atoms with Crippen LogP contribution in [0.3, 0.4) is 0 Å². The molecule has 9 nitrogen and oxygen atoms in total. The Morgan fingerprint density at radius 1 is 1.17 bits per heavy atom. The summed E-state index contributed by atoms with van der Waals surface area (Å²) in [5.41, 5.74) is 2.14. The van der Waals surface area contributed by atoms with Crippen molar-refractivity contribution in [3.63, 3.8) is 0 Å². The second-order valence-corrected chi connectivity index (χ2v) is 12.0. The normalized spacial score (nSPS) is 17.5. The SMILES string of the molecule is COc1cc(N(C=O)C(C)COC(=O)C(C)C)ccc1NCC#Cc1cc2c(N[C@@H]3CCN(C)C[C@@H]3F)cccc2n1CC(F)(F)F. The van der Waals surface area contributed by atoms with Crippen molar-refractivity contribution in [2.24, 2.45) is 5.92 Å². The number of piperidine rings is 1. The lowest BCUT2D eigenvalue weighted by atomic mass is 10.0. The minimum absolute atomic E-state index is 0.0187. The first-order valence-electron chi connectivity index (χ1n) is 15.4. The molecule has 1 aliphatic rings. The van der Waals surface area contributed by atoms with E-state index in [0.29, 0.717) is 53.1 Å². The monoisotopic (exact) mass is 659 g/mol. The summed E-state index contributed by atoms with van der Waals surface area (Å²) in [7, 11) is 3.32. The third-order valence-electron chi connectivity index (χ3n) is 7.96. The van der Waals surface area contributed by atoms with E-state index in [0.717, 1.165) is 4.57 Å². The molecule has 0 bridgehead atoms. The van der Waals surface area contributed by atoms with Gasteiger partial charge in [-0.1, -0.05) is 25.8 Å². The Kier molecular flexibility index (Phi) is 11.6. The fourth-order valence-corrected chi connectivity index (χ4v) is 5.41. The standard InChI is InChI=1S/C34H41F4N5O4/c1-22(2)33(45)47-19-23(3)43(21-44)25-11-12-30(32(17-25)46-5)39-14-7-8-24-16-26-28(40-29-13-15-41(4)18-27(29)35)9-6-10-31(26)42(24)20-34(36,37)38/h6,9-12,16-17,21-23,27,29,39-40H,13-15,18-20H2,1-5H3/t23?,27-,29+/m0/s1. The minimum atomic E-state index is -4.49. The predicted octanol–water partition coefficient (Wildman–Crippen LogP) is 5.68. The van der Waals surface area contributed by atoms with Gasteiger partial charge in [-0.15, -0.1) is 0 Å². The first kappa shape index (κ1) is 35.4. The lowest BCUT2D eigenvalue weighted by Crippen LogP contribution is -2.46. The van der Waals surface area contributed by atoms with E-state index in [2.05, 4.69) is 22.5 Å². The van der Waals surface area contributed by atoms with Gasteiger partial charge in [0.25, 0.3) is 0 Å². The molecule has 2 heterocycles. The smallest absolute Gasteiger partial charge is 0.406 e. The summed E-state index contributed by atoms with van der Waals surface area (Å²) < 4.78 is 67.6. The highest BCUT2D eigenvalue weighted by molar-refractivity contribution is 5.94. The van der Waals surface area contributed by atoms with Crippen molar-refractivity contribution in [1.82, 2.24) is 9.47 Å². The zero-order valence-electron chi connectivity index (χ0n) is 27.2. The average molecular weight is 660 g/mol. The van der Waals surface area contributed by atoms with Crippen LogP contribution in [0.2, 0.25) is 0 Å². The molecule has 0 spiro atoms. The van der Waals surface area contributed by atoms with Crippen LogP contribution in [0.25, 0.3) is 10.9 Å². The molecule has 2 N–H and O–H groups in total. The second-order valence-electron chi connectivity index (χ2n) is 12.0. The summed E-state index contributed by atoms with van der Waals surface area (Å²) in [6.45, 7) is 5.06. The average Bonchev–Trinajstić information content (AvgIpc) is 3.36. The molecule has 1 saturated heterocycles. The quantitative estimate of drug-likeness (QED) is 0.112. The molecule has 4 rings (SSSR count). The number of esters is 1. The van der Waals surface area contributed by atoms with Crippen LogP contribution in [-0.2, 0) is 20.9 Å². The first-order chi connectivity index (χ1) is 22.3. The van der Waals surface area contributed by atoms with Gasteiger partial charge in [0.1, 0.15) is 25.1 Å². The van der Waals surface area contributed by atoms with Crippen LogP contribution >= 0.6 is 0 Å². The number of likely N-dealkylation sites (tertiary alicyclic amines) is 1. The highest BCUT2D eigenvalue weighted by atomic mass is 19.4. The number of benzene rings is 2. The first-order valence-corrected chi connectivity index (χ1v) is 15.4. The highest BCUT2D eigenvalue weighted by Crippen LogP contribution is 2.32. The number of hydrogen-bond acceptors (Lipinski definition) is 7. The van der Waals surface area contributed by atoms with E-state index in [4.69, 9.17) is 9.47 Å². The van der Waals surface area contributed by atoms with Gasteiger partial charge in [0, 0.05) is 35.9 Å². The largest absolute Gasteiger partial charge is 0.495 e. The van der Waals surface area contributed by atoms with Crippen molar-refractivity contribution < 1.29 is 36.6 Å². The zero-order valence-corrected chi connectivity index (χ0v) is 27.2. The van der Waals surface area contributed by atoms with Gasteiger partial charge in [-0.2, -0.15) is 13.2 Å². The van der Waals surface area contributed by atoms with Crippen LogP contribution < -0.4 is 20.3 Å². The van der Waals surface area contributed by atoms with Crippen LogP contribution in [0.4, 0.5) is 34.6 Å². The molecule has 3 atom stereocenters. The van der Waals surface area contributed by atoms with E-state index in [1.54, 1.807) is 63.2 Å². The number of amides is 1. The third kappa shape index (κ3) is 9.10. The number of nitrogens with zero attached hydrogens (tertiary/aromatic N) is 3. The maximum absolute atomic E-state index is 14.8. The molecule has 3 aromatic rings. The number of fused-ring (bicyclic) bond motifs is 1. The number of hydrogen-bond donors (Lipinski definition) is 2. The van der Waals surface area contributed by atoms with Crippen LogP contribution in [0.5, 0.6) is 5.75 Å². The molecule has 1 amide bonds. The number of aromatic nitrogens is 1. The number of methoxy groups -OCH3 is 1. The van der Waals surface area contributed by atoms with Gasteiger partial charge in [-0.05, 0) is 56.6 Å². The molecule has 47 heavy (non-hydrogen) atoms. The molecule has 1 fully saturated rings. The number of ether oxygens (including phenoxy) is 2. The van der Waals surface area contributed by atoms with Crippen LogP contribution in [-0.4, -0.2) is 86.7 Å². The van der Waals surface area contributed by atoms with E-state index in [-0.39, 0.29) is 37.3 Å². The van der Waals surface area contributed by atoms with Crippen molar-refractivity contribution in [3.05, 3.63) is 48.2 Å². The predicted molar refractivity (Wildman–Crippen MR) is 175 cm³/mol. The third-order valence-corrected chi connectivity index (χ3v) is 7.96. The van der Waals surface area contributed by atoms with E-state index in [1.165, 1.54) is 12.0 Å². The number of nitrogens with one attached hydrogen (secondary N) is 2. The van der Waals surface area contributed by atoms with Crippen molar-refractivity contribution in [1.29, 1.82) is 0 Å². The summed E-state index contributed by atoms with van der Waals surface area (Å²) in [6, 6.07) is 10.7. The molecule has 0 aliphatic carbocycles. The van der Waals surface area contributed by atoms with Gasteiger partial charge in [0.2, 0.25) is 6.41 Å². The fourth-order valence-electron chi connectivity index (χ4n) is 5.41. The van der Waals surface area contributed by atoms with Gasteiger partial charge in [0.05, 0.1) is 48.6 Å². The maximum Gasteiger partial charge on any atom is 0.406 e. The van der Waals surface area contributed by atoms with Gasteiger partial charge in [0.15, 0.2) is 0 Å². The lowest BCUT2D eigenvalue weighted by molar-refractivity contribution is -0.148. The number of rotatable bonds is 12. The summed E-state index contributed by atoms with van der Waals surface area (Å²) in [4.78, 5) is 27.1. The Balaban J connectivity index is 1.52. The minimum Gasteiger partial charge on any atom is -0.495 e. The van der Waals surface area contributed by atoms with Crippen molar-refractivity contribution in [3.8, 4) is 17.6 Å². The molecule has 1 aliphatic heterocycles. The molecular formula is C34H41F4N5O4. The number of carbonyl (C=O) groups is 2. The summed E-state index contributed by atoms with van der Waals surface area (Å²) >= 11 is 0. The Labute approximate surface area is 272 Å². The van der Waals surface area contributed by atoms with Gasteiger partial charge >= 0.3 is 12.1 Å². The van der Waals surface area contributed by atoms with E-state index < -0.39 is 31.0 Å². The van der Waals surface area contributed by atoms with Gasteiger partial charge < -0.3 is 34.5 Å². The van der Waals surface area contributed by atoms with Crippen LogP contribution in [0.1, 0.15) is 32.9 Å². The topological polar surface area (TPSA) is 88.1 Å². The van der Waals surface area contributed by atoms with E-state index in [1.807, 2.05) is 11.9 Å². The Bertz CT molecular complexity index is 1610. The molecule has 0 saturated carbocycles. The lowest BCUT2D eigenvalue weighted by Gasteiger charge is -2.33. The zero-order chi connectivity index (χ0) is 34.3. The summed E-state index contributed by atoms with van der Waals surface area (Å²) in [5, 5.41) is 6.87. The van der Waals surface area contributed by atoms with Gasteiger partial charge in [-0.3, -0.25) is 9.59 Å². The summed E-state index contributed by atoms with van der Waals surface area (Å²) in [5.74, 6) is 5.52. The molecule has 0 radical (unpaired) electrons. The molecule has 2 aromatic carbocycles. The van der Waals surface area contributed by atoms with Crippen molar-refractivity contribution in [2.75, 3.05) is 55.9 Å². The fraction of sp³-hybridized carbons (Fsp3) is 0.471. The number of carbonyl (C=O) groups excluding carboxylic acids is 2. The summed E-state index contributed by atoms with van der Waals surface area (Å²) in [6.07, 6.45) is -4.39. The number of halogens is 4. The number of alkyl halides is 4. The van der Waals surface area contributed by atoms with Crippen LogP contribution in [0, 0.1) is 17.8 Å². The molecule has 13 heteroatoms. The Hall–Kier alpha value is -4.44. The van der Waals surface area contributed by atoms with Gasteiger partial charge in [-0.25, -0.2) is 4.39 Å². The highest BCUT2D eigenvalue weighted by Gasteiger charge is 2.31.